The summed E-state index contributed by atoms with van der Waals surface area (Å²) in [6.45, 7) is 4.02. The van der Waals surface area contributed by atoms with Gasteiger partial charge in [0.1, 0.15) is 13.7 Å². The number of nitrogens with one attached hydrogen (secondary N) is 1. The van der Waals surface area contributed by atoms with Crippen LogP contribution in [0.5, 0.6) is 0 Å². The third-order valence-electron chi connectivity index (χ3n) is 4.27. The minimum Gasteiger partial charge on any atom is -0.398 e. The highest BCUT2D eigenvalue weighted by Crippen LogP contribution is 2.18. The van der Waals surface area contributed by atoms with Crippen molar-refractivity contribution in [2.45, 2.75) is 20.5 Å². The molecule has 2 aromatic rings. The van der Waals surface area contributed by atoms with Crippen molar-refractivity contribution in [3.05, 3.63) is 57.1 Å². The average molecular weight is 496 g/mol. The number of hydrogen-bond donors (Lipinski definition) is 1. The minimum atomic E-state index is -0.340. The molecule has 2 unspecified atom stereocenters. The number of benzene rings is 2. The molecule has 154 valence electrons. The van der Waals surface area contributed by atoms with Crippen molar-refractivity contribution >= 4 is 62.3 Å². The van der Waals surface area contributed by atoms with Gasteiger partial charge in [0.15, 0.2) is 5.71 Å². The Labute approximate surface area is 184 Å². The maximum atomic E-state index is 12.2. The molecule has 0 fully saturated rings. The van der Waals surface area contributed by atoms with Crippen LogP contribution in [-0.4, -0.2) is 31.5 Å². The standard InChI is InChI=1S/C20H24BrN3O3P2/c1-11-6-5-7-14(18(24-26-4)20(25)22-3)16(11)10-27-23-12(2)15-8-13(21)9-17(28)19(15)29/h5-9H,10,28-29H2,1-4H3,(H,22,25)/b23-12+,24-18+. The molecule has 0 aliphatic carbocycles. The number of oxime groups is 2. The summed E-state index contributed by atoms with van der Waals surface area (Å²) in [6, 6.07) is 9.62. The molecule has 0 aromatic heterocycles. The van der Waals surface area contributed by atoms with E-state index in [-0.39, 0.29) is 18.2 Å². The molecule has 0 radical (unpaired) electrons. The molecule has 0 heterocycles. The second kappa shape index (κ2) is 10.8. The van der Waals surface area contributed by atoms with Gasteiger partial charge in [0, 0.05) is 28.2 Å². The largest absolute Gasteiger partial charge is 0.398 e. The minimum absolute atomic E-state index is 0.185. The Bertz CT molecular complexity index is 978. The van der Waals surface area contributed by atoms with Crippen LogP contribution < -0.4 is 15.9 Å². The van der Waals surface area contributed by atoms with E-state index in [1.54, 1.807) is 7.05 Å². The first-order valence-corrected chi connectivity index (χ1v) is 10.7. The van der Waals surface area contributed by atoms with Crippen molar-refractivity contribution in [2.75, 3.05) is 14.2 Å². The SMILES string of the molecule is CNC(=O)/C(=N/OC)c1cccc(C)c1CO/N=C(\C)c1cc(Br)cc(P)c1P. The van der Waals surface area contributed by atoms with Crippen LogP contribution in [0.15, 0.2) is 45.1 Å². The Morgan fingerprint density at radius 3 is 2.59 bits per heavy atom. The second-order valence-electron chi connectivity index (χ2n) is 6.21. The van der Waals surface area contributed by atoms with Gasteiger partial charge in [-0.25, -0.2) is 0 Å². The van der Waals surface area contributed by atoms with Crippen LogP contribution in [0.2, 0.25) is 0 Å². The molecule has 0 saturated carbocycles. The number of hydrogen-bond acceptors (Lipinski definition) is 5. The van der Waals surface area contributed by atoms with Gasteiger partial charge in [-0.05, 0) is 42.2 Å². The van der Waals surface area contributed by atoms with E-state index < -0.39 is 0 Å². The van der Waals surface area contributed by atoms with Crippen LogP contribution in [0.4, 0.5) is 0 Å². The molecule has 0 aliphatic rings. The zero-order chi connectivity index (χ0) is 21.6. The van der Waals surface area contributed by atoms with Gasteiger partial charge in [-0.15, -0.1) is 18.5 Å². The van der Waals surface area contributed by atoms with Gasteiger partial charge in [-0.1, -0.05) is 44.4 Å². The normalized spacial score (nSPS) is 12.0. The van der Waals surface area contributed by atoms with E-state index in [0.29, 0.717) is 5.56 Å². The van der Waals surface area contributed by atoms with Crippen molar-refractivity contribution in [3.63, 3.8) is 0 Å². The monoisotopic (exact) mass is 495 g/mol. The van der Waals surface area contributed by atoms with Crippen LogP contribution in [0.25, 0.3) is 0 Å². The number of carbonyl (C=O) groups excluding carboxylic acids is 1. The van der Waals surface area contributed by atoms with E-state index in [1.165, 1.54) is 7.11 Å². The first-order valence-electron chi connectivity index (χ1n) is 8.73. The first kappa shape index (κ1) is 23.5. The summed E-state index contributed by atoms with van der Waals surface area (Å²) in [7, 11) is 8.38. The third kappa shape index (κ3) is 5.85. The second-order valence-corrected chi connectivity index (χ2v) is 8.32. The highest BCUT2D eigenvalue weighted by molar-refractivity contribution is 9.10. The summed E-state index contributed by atoms with van der Waals surface area (Å²) < 4.78 is 0.963. The zero-order valence-corrected chi connectivity index (χ0v) is 20.6. The van der Waals surface area contributed by atoms with Crippen LogP contribution in [0, 0.1) is 6.92 Å². The van der Waals surface area contributed by atoms with Gasteiger partial charge >= 0.3 is 0 Å². The Morgan fingerprint density at radius 1 is 1.21 bits per heavy atom. The van der Waals surface area contributed by atoms with Crippen molar-refractivity contribution < 1.29 is 14.5 Å². The predicted octanol–water partition coefficient (Wildman–Crippen LogP) is 2.80. The number of rotatable bonds is 7. The highest BCUT2D eigenvalue weighted by atomic mass is 79.9. The Hall–Kier alpha value is -1.81. The van der Waals surface area contributed by atoms with E-state index >= 15 is 0 Å². The molecule has 0 bridgehead atoms. The molecular formula is C20H24BrN3O3P2. The summed E-state index contributed by atoms with van der Waals surface area (Å²) in [5.74, 6) is -0.340. The molecule has 9 heteroatoms. The maximum absolute atomic E-state index is 12.2. The Kier molecular flexibility index (Phi) is 8.76. The predicted molar refractivity (Wildman–Crippen MR) is 129 cm³/mol. The molecule has 0 spiro atoms. The molecule has 0 saturated heterocycles. The summed E-state index contributed by atoms with van der Waals surface area (Å²) in [6.07, 6.45) is 0. The lowest BCUT2D eigenvalue weighted by molar-refractivity contribution is -0.114. The summed E-state index contributed by atoms with van der Waals surface area (Å²) >= 11 is 3.51. The lowest BCUT2D eigenvalue weighted by Gasteiger charge is -2.13. The molecule has 6 nitrogen and oxygen atoms in total. The van der Waals surface area contributed by atoms with Crippen molar-refractivity contribution in [2.24, 2.45) is 10.3 Å². The molecule has 2 aromatic carbocycles. The van der Waals surface area contributed by atoms with E-state index in [2.05, 4.69) is 50.0 Å². The topological polar surface area (TPSA) is 72.3 Å². The van der Waals surface area contributed by atoms with E-state index in [4.69, 9.17) is 9.68 Å². The number of amides is 1. The number of halogens is 1. The Morgan fingerprint density at radius 2 is 1.93 bits per heavy atom. The lowest BCUT2D eigenvalue weighted by Crippen LogP contribution is -2.29. The van der Waals surface area contributed by atoms with Gasteiger partial charge < -0.3 is 15.0 Å². The van der Waals surface area contributed by atoms with E-state index in [0.717, 1.165) is 37.5 Å². The van der Waals surface area contributed by atoms with Gasteiger partial charge in [0.25, 0.3) is 5.91 Å². The maximum Gasteiger partial charge on any atom is 0.273 e. The summed E-state index contributed by atoms with van der Waals surface area (Å²) in [4.78, 5) is 22.8. The van der Waals surface area contributed by atoms with Crippen molar-refractivity contribution in [1.82, 2.24) is 5.32 Å². The zero-order valence-electron chi connectivity index (χ0n) is 16.7. The lowest BCUT2D eigenvalue weighted by atomic mass is 9.98. The fourth-order valence-electron chi connectivity index (χ4n) is 2.72. The quantitative estimate of drug-likeness (QED) is 0.364. The summed E-state index contributed by atoms with van der Waals surface area (Å²) in [5.41, 5.74) is 4.31. The van der Waals surface area contributed by atoms with E-state index in [9.17, 15) is 4.79 Å². The summed E-state index contributed by atoms with van der Waals surface area (Å²) in [5, 5.41) is 12.9. The average Bonchev–Trinajstić information content (AvgIpc) is 2.69. The molecule has 2 rings (SSSR count). The fourth-order valence-corrected chi connectivity index (χ4v) is 4.15. The van der Waals surface area contributed by atoms with Gasteiger partial charge in [0.2, 0.25) is 0 Å². The Balaban J connectivity index is 2.33. The number of carbonyl (C=O) groups is 1. The highest BCUT2D eigenvalue weighted by Gasteiger charge is 2.19. The molecular weight excluding hydrogens is 472 g/mol. The van der Waals surface area contributed by atoms with Gasteiger partial charge in [0.05, 0.1) is 5.71 Å². The van der Waals surface area contributed by atoms with Crippen LogP contribution in [0.1, 0.15) is 29.2 Å². The molecule has 1 N–H and O–H groups in total. The third-order valence-corrected chi connectivity index (χ3v) is 6.18. The van der Waals surface area contributed by atoms with Crippen LogP contribution >= 0.6 is 34.4 Å². The van der Waals surface area contributed by atoms with Gasteiger partial charge in [-0.2, -0.15) is 0 Å². The van der Waals surface area contributed by atoms with E-state index in [1.807, 2.05) is 44.2 Å². The van der Waals surface area contributed by atoms with Gasteiger partial charge in [-0.3, -0.25) is 4.79 Å². The molecule has 1 amide bonds. The molecule has 29 heavy (non-hydrogen) atoms. The number of aryl methyl sites for hydroxylation is 1. The van der Waals surface area contributed by atoms with Crippen LogP contribution in [0.3, 0.4) is 0 Å². The first-order chi connectivity index (χ1) is 13.8. The number of nitrogens with zero attached hydrogens (tertiary/aromatic N) is 2. The number of likely N-dealkylation sites (N-methyl/N-ethyl adjacent to an activating group) is 1. The molecule has 0 aliphatic heterocycles. The van der Waals surface area contributed by atoms with Crippen LogP contribution in [-0.2, 0) is 21.1 Å². The fraction of sp³-hybridized carbons (Fsp3) is 0.250. The van der Waals surface area contributed by atoms with Crippen molar-refractivity contribution in [1.29, 1.82) is 0 Å². The smallest absolute Gasteiger partial charge is 0.273 e. The molecule has 2 atom stereocenters. The van der Waals surface area contributed by atoms with Crippen molar-refractivity contribution in [3.8, 4) is 0 Å².